The molecule has 0 aromatic heterocycles. The molecule has 1 aliphatic rings. The topological polar surface area (TPSA) is 26.0 Å². The third-order valence-corrected chi connectivity index (χ3v) is 3.27. The zero-order valence-electron chi connectivity index (χ0n) is 11.2. The van der Waals surface area contributed by atoms with Gasteiger partial charge in [0.2, 0.25) is 0 Å². The highest BCUT2D eigenvalue weighted by Gasteiger charge is 2.18. The van der Waals surface area contributed by atoms with Crippen molar-refractivity contribution in [3.05, 3.63) is 46.0 Å². The number of hydrogen-bond acceptors (Lipinski definition) is 1. The van der Waals surface area contributed by atoms with Gasteiger partial charge in [-0.1, -0.05) is 45.0 Å². The van der Waals surface area contributed by atoms with Crippen molar-refractivity contribution >= 4 is 11.6 Å². The van der Waals surface area contributed by atoms with Gasteiger partial charge in [0, 0.05) is 12.1 Å². The Kier molecular flexibility index (Phi) is 2.86. The molecule has 1 aliphatic carbocycles. The summed E-state index contributed by atoms with van der Waals surface area (Å²) in [4.78, 5) is 0. The molecule has 0 saturated carbocycles. The van der Waals surface area contributed by atoms with E-state index < -0.39 is 0 Å². The van der Waals surface area contributed by atoms with Crippen LogP contribution < -0.4 is 16.2 Å². The Morgan fingerprint density at radius 3 is 2.53 bits per heavy atom. The van der Waals surface area contributed by atoms with Crippen LogP contribution in [0.4, 0.5) is 0 Å². The number of hydrogen-bond donors (Lipinski definition) is 1. The number of fused-ring (bicyclic) bond motifs is 1. The molecule has 0 saturated heterocycles. The van der Waals surface area contributed by atoms with Crippen molar-refractivity contribution in [3.63, 3.8) is 0 Å². The number of aryl methyl sites for hydroxylation is 1. The Morgan fingerprint density at radius 2 is 1.88 bits per heavy atom. The summed E-state index contributed by atoms with van der Waals surface area (Å²) in [6.07, 6.45) is 5.23. The average molecular weight is 227 g/mol. The molecule has 17 heavy (non-hydrogen) atoms. The maximum absolute atomic E-state index is 6.06. The predicted molar refractivity (Wildman–Crippen MR) is 74.6 cm³/mol. The summed E-state index contributed by atoms with van der Waals surface area (Å²) in [7, 11) is 0. The van der Waals surface area contributed by atoms with Gasteiger partial charge in [0.25, 0.3) is 0 Å². The van der Waals surface area contributed by atoms with Gasteiger partial charge in [-0.2, -0.15) is 0 Å². The molecular formula is C16H21N. The van der Waals surface area contributed by atoms with Gasteiger partial charge in [-0.05, 0) is 40.0 Å². The van der Waals surface area contributed by atoms with Gasteiger partial charge in [-0.25, -0.2) is 0 Å². The van der Waals surface area contributed by atoms with E-state index in [9.17, 15) is 0 Å². The Morgan fingerprint density at radius 1 is 1.18 bits per heavy atom. The van der Waals surface area contributed by atoms with Crippen LogP contribution in [0, 0.1) is 12.3 Å². The monoisotopic (exact) mass is 227 g/mol. The van der Waals surface area contributed by atoms with Crippen LogP contribution in [0.15, 0.2) is 30.0 Å². The zero-order valence-corrected chi connectivity index (χ0v) is 11.2. The van der Waals surface area contributed by atoms with E-state index in [4.69, 9.17) is 5.73 Å². The Bertz CT molecular complexity index is 583. The van der Waals surface area contributed by atoms with E-state index in [1.165, 1.54) is 21.6 Å². The molecule has 0 fully saturated rings. The van der Waals surface area contributed by atoms with Gasteiger partial charge in [0.05, 0.1) is 0 Å². The molecule has 0 amide bonds. The van der Waals surface area contributed by atoms with E-state index >= 15 is 0 Å². The summed E-state index contributed by atoms with van der Waals surface area (Å²) in [5.74, 6) is 0. The van der Waals surface area contributed by atoms with Crippen molar-refractivity contribution in [3.8, 4) is 0 Å². The molecule has 0 atom stereocenters. The van der Waals surface area contributed by atoms with E-state index in [1.807, 2.05) is 0 Å². The van der Waals surface area contributed by atoms with Crippen LogP contribution >= 0.6 is 0 Å². The summed E-state index contributed by atoms with van der Waals surface area (Å²) >= 11 is 0. The van der Waals surface area contributed by atoms with Crippen LogP contribution in [0.3, 0.4) is 0 Å². The smallest absolute Gasteiger partial charge is 0.0122 e. The summed E-state index contributed by atoms with van der Waals surface area (Å²) in [5, 5.41) is 2.67. The first-order valence-corrected chi connectivity index (χ1v) is 6.16. The van der Waals surface area contributed by atoms with Crippen molar-refractivity contribution < 1.29 is 0 Å². The number of benzene rings is 1. The standard InChI is InChI=1S/C16H21N/c1-11-6-5-7-12-8-9-13(17)10-14(15(11)12)16(2,3)4/h5-8,10H,9,17H2,1-4H3. The lowest BCUT2D eigenvalue weighted by Crippen LogP contribution is -2.32. The number of nitrogens with two attached hydrogens (primary N) is 1. The van der Waals surface area contributed by atoms with E-state index in [1.54, 1.807) is 0 Å². The first kappa shape index (κ1) is 12.0. The zero-order chi connectivity index (χ0) is 12.6. The maximum atomic E-state index is 6.06. The Balaban J connectivity index is 2.96. The van der Waals surface area contributed by atoms with Crippen molar-refractivity contribution in [2.24, 2.45) is 11.1 Å². The summed E-state index contributed by atoms with van der Waals surface area (Å²) < 4.78 is 0. The minimum absolute atomic E-state index is 0.115. The van der Waals surface area contributed by atoms with Crippen LogP contribution in [0.2, 0.25) is 0 Å². The molecular weight excluding hydrogens is 206 g/mol. The highest BCUT2D eigenvalue weighted by atomic mass is 14.6. The van der Waals surface area contributed by atoms with Crippen molar-refractivity contribution in [1.29, 1.82) is 0 Å². The van der Waals surface area contributed by atoms with Gasteiger partial charge in [0.1, 0.15) is 0 Å². The minimum Gasteiger partial charge on any atom is -0.402 e. The fourth-order valence-corrected chi connectivity index (χ4v) is 2.36. The second-order valence-corrected chi connectivity index (χ2v) is 5.83. The second kappa shape index (κ2) is 4.06. The molecule has 0 aliphatic heterocycles. The number of rotatable bonds is 0. The normalized spacial score (nSPS) is 15.8. The Hall–Kier alpha value is -1.50. The molecule has 0 radical (unpaired) electrons. The first-order chi connectivity index (χ1) is 7.89. The van der Waals surface area contributed by atoms with Crippen LogP contribution in [0.5, 0.6) is 0 Å². The molecule has 0 bridgehead atoms. The van der Waals surface area contributed by atoms with Crippen molar-refractivity contribution in [2.45, 2.75) is 34.1 Å². The van der Waals surface area contributed by atoms with Crippen LogP contribution in [-0.4, -0.2) is 0 Å². The largest absolute Gasteiger partial charge is 0.402 e. The highest BCUT2D eigenvalue weighted by molar-refractivity contribution is 5.65. The predicted octanol–water partition coefficient (Wildman–Crippen LogP) is 2.22. The van der Waals surface area contributed by atoms with Gasteiger partial charge in [-0.15, -0.1) is 0 Å². The second-order valence-electron chi connectivity index (χ2n) is 5.83. The molecule has 90 valence electrons. The highest BCUT2D eigenvalue weighted by Crippen LogP contribution is 2.27. The lowest BCUT2D eigenvalue weighted by molar-refractivity contribution is 0.566. The molecule has 0 heterocycles. The molecule has 1 aromatic carbocycles. The average Bonchev–Trinajstić information content (AvgIpc) is 2.38. The van der Waals surface area contributed by atoms with E-state index in [0.29, 0.717) is 0 Å². The van der Waals surface area contributed by atoms with Gasteiger partial charge in [-0.3, -0.25) is 0 Å². The first-order valence-electron chi connectivity index (χ1n) is 6.16. The van der Waals surface area contributed by atoms with Crippen LogP contribution in [-0.2, 0) is 0 Å². The van der Waals surface area contributed by atoms with Crippen molar-refractivity contribution in [2.75, 3.05) is 0 Å². The van der Waals surface area contributed by atoms with Gasteiger partial charge in [0.15, 0.2) is 0 Å². The third kappa shape index (κ3) is 2.28. The molecule has 2 N–H and O–H groups in total. The molecule has 0 unspecified atom stereocenters. The molecule has 1 aromatic rings. The SMILES string of the molecule is Cc1cccc2c1=C(C(C)(C)C)C=C(N)CC=2. The lowest BCUT2D eigenvalue weighted by atomic mass is 9.83. The van der Waals surface area contributed by atoms with Crippen LogP contribution in [0.25, 0.3) is 11.6 Å². The number of allylic oxidation sites excluding steroid dienone is 2. The quantitative estimate of drug-likeness (QED) is 0.722. The van der Waals surface area contributed by atoms with Gasteiger partial charge >= 0.3 is 0 Å². The fourth-order valence-electron chi connectivity index (χ4n) is 2.36. The van der Waals surface area contributed by atoms with E-state index in [-0.39, 0.29) is 5.41 Å². The summed E-state index contributed by atoms with van der Waals surface area (Å²) in [6, 6.07) is 6.47. The van der Waals surface area contributed by atoms with E-state index in [2.05, 4.69) is 58.0 Å². The lowest BCUT2D eigenvalue weighted by Gasteiger charge is -2.21. The minimum atomic E-state index is 0.115. The summed E-state index contributed by atoms with van der Waals surface area (Å²) in [5.41, 5.74) is 9.80. The maximum Gasteiger partial charge on any atom is 0.0122 e. The van der Waals surface area contributed by atoms with Crippen molar-refractivity contribution in [1.82, 2.24) is 0 Å². The molecule has 0 spiro atoms. The summed E-state index contributed by atoms with van der Waals surface area (Å²) in [6.45, 7) is 8.91. The van der Waals surface area contributed by atoms with E-state index in [0.717, 1.165) is 12.1 Å². The molecule has 1 nitrogen and oxygen atoms in total. The van der Waals surface area contributed by atoms with Crippen LogP contribution in [0.1, 0.15) is 32.8 Å². The third-order valence-electron chi connectivity index (χ3n) is 3.27. The molecule has 2 rings (SSSR count). The fraction of sp³-hybridized carbons (Fsp3) is 0.375. The molecule has 1 heteroatoms. The van der Waals surface area contributed by atoms with Gasteiger partial charge < -0.3 is 5.73 Å². The Labute approximate surface area is 103 Å².